The molecule has 6 heteroatoms. The first-order valence-corrected chi connectivity index (χ1v) is 9.04. The van der Waals surface area contributed by atoms with Gasteiger partial charge < -0.3 is 9.88 Å². The van der Waals surface area contributed by atoms with Crippen LogP contribution in [0.1, 0.15) is 39.7 Å². The number of carbonyl (C=O) groups is 1. The number of aromatic nitrogens is 3. The molecule has 2 aromatic rings. The lowest BCUT2D eigenvalue weighted by molar-refractivity contribution is -0.121. The molecule has 0 radical (unpaired) electrons. The van der Waals surface area contributed by atoms with Crippen molar-refractivity contribution in [3.8, 4) is 0 Å². The van der Waals surface area contributed by atoms with Crippen LogP contribution in [0.4, 0.5) is 0 Å². The maximum Gasteiger partial charge on any atom is 0.233 e. The molecule has 1 amide bonds. The second-order valence-electron chi connectivity index (χ2n) is 6.85. The Morgan fingerprint density at radius 3 is 2.54 bits per heavy atom. The average molecular weight is 347 g/mol. The van der Waals surface area contributed by atoms with Gasteiger partial charge in [-0.25, -0.2) is 0 Å². The molecule has 5 nitrogen and oxygen atoms in total. The van der Waals surface area contributed by atoms with Gasteiger partial charge in [-0.2, -0.15) is 0 Å². The van der Waals surface area contributed by atoms with Crippen LogP contribution in [0.2, 0.25) is 0 Å². The fraction of sp³-hybridized carbons (Fsp3) is 0.500. The molecule has 0 bridgehead atoms. The number of aryl methyl sites for hydroxylation is 1. The smallest absolute Gasteiger partial charge is 0.233 e. The summed E-state index contributed by atoms with van der Waals surface area (Å²) < 4.78 is 1.82. The first-order chi connectivity index (χ1) is 11.3. The van der Waals surface area contributed by atoms with Crippen LogP contribution in [-0.2, 0) is 17.3 Å². The normalized spacial score (nSPS) is 14.2. The molecule has 0 spiro atoms. The second-order valence-corrected chi connectivity index (χ2v) is 8.16. The highest BCUT2D eigenvalue weighted by atomic mass is 32.2. The molecule has 0 saturated carbocycles. The Hall–Kier alpha value is -1.82. The predicted molar refractivity (Wildman–Crippen MR) is 98.0 cm³/mol. The van der Waals surface area contributed by atoms with Crippen molar-refractivity contribution < 1.29 is 4.79 Å². The molecule has 1 heterocycles. The molecule has 24 heavy (non-hydrogen) atoms. The number of nitrogens with one attached hydrogen (secondary N) is 1. The van der Waals surface area contributed by atoms with Crippen molar-refractivity contribution in [2.45, 2.75) is 56.0 Å². The Bertz CT molecular complexity index is 669. The van der Waals surface area contributed by atoms with E-state index in [1.165, 1.54) is 17.3 Å². The molecule has 0 aliphatic heterocycles. The number of rotatable bonds is 7. The van der Waals surface area contributed by atoms with Gasteiger partial charge >= 0.3 is 0 Å². The summed E-state index contributed by atoms with van der Waals surface area (Å²) in [6.45, 7) is 8.37. The van der Waals surface area contributed by atoms with Gasteiger partial charge in [-0.1, -0.05) is 55.9 Å². The van der Waals surface area contributed by atoms with Crippen LogP contribution in [0.5, 0.6) is 0 Å². The molecule has 0 aliphatic carbocycles. The van der Waals surface area contributed by atoms with Crippen molar-refractivity contribution in [3.63, 3.8) is 0 Å². The second kappa shape index (κ2) is 7.83. The Balaban J connectivity index is 1.90. The summed E-state index contributed by atoms with van der Waals surface area (Å²) in [5.41, 5.74) is 1.29. The lowest BCUT2D eigenvalue weighted by Crippen LogP contribution is -2.40. The maximum absolute atomic E-state index is 12.4. The van der Waals surface area contributed by atoms with E-state index in [0.717, 1.165) is 11.6 Å². The molecule has 2 atom stereocenters. The summed E-state index contributed by atoms with van der Waals surface area (Å²) in [6.07, 6.45) is 2.52. The van der Waals surface area contributed by atoms with Gasteiger partial charge in [0, 0.05) is 13.1 Å². The van der Waals surface area contributed by atoms with Crippen LogP contribution in [0.3, 0.4) is 0 Å². The molecular weight excluding hydrogens is 320 g/mol. The molecule has 1 aromatic carbocycles. The molecule has 0 aliphatic rings. The average Bonchev–Trinajstić information content (AvgIpc) is 2.92. The van der Waals surface area contributed by atoms with Gasteiger partial charge in [0.2, 0.25) is 5.91 Å². The van der Waals surface area contributed by atoms with E-state index in [9.17, 15) is 4.79 Å². The Morgan fingerprint density at radius 2 is 1.96 bits per heavy atom. The number of amides is 1. The van der Waals surface area contributed by atoms with E-state index in [0.29, 0.717) is 0 Å². The minimum absolute atomic E-state index is 0.00787. The summed E-state index contributed by atoms with van der Waals surface area (Å²) in [4.78, 5) is 12.4. The largest absolute Gasteiger partial charge is 0.353 e. The molecule has 0 saturated heterocycles. The molecule has 0 fully saturated rings. The van der Waals surface area contributed by atoms with Crippen LogP contribution in [0.25, 0.3) is 0 Å². The van der Waals surface area contributed by atoms with Crippen molar-refractivity contribution in [3.05, 3.63) is 42.2 Å². The highest BCUT2D eigenvalue weighted by molar-refractivity contribution is 8.00. The van der Waals surface area contributed by atoms with Gasteiger partial charge in [-0.05, 0) is 31.2 Å². The molecule has 2 rings (SSSR count). The number of hydrogen-bond donors (Lipinski definition) is 1. The highest BCUT2D eigenvalue weighted by Crippen LogP contribution is 2.28. The van der Waals surface area contributed by atoms with E-state index in [2.05, 4.69) is 60.6 Å². The minimum atomic E-state index is -0.213. The van der Waals surface area contributed by atoms with Gasteiger partial charge in [-0.3, -0.25) is 4.79 Å². The topological polar surface area (TPSA) is 59.8 Å². The molecule has 1 aromatic heterocycles. The van der Waals surface area contributed by atoms with Gasteiger partial charge in [0.25, 0.3) is 0 Å². The van der Waals surface area contributed by atoms with Gasteiger partial charge in [-0.15, -0.1) is 10.2 Å². The fourth-order valence-electron chi connectivity index (χ4n) is 2.77. The molecular formula is C18H26N4OS. The Labute approximate surface area is 148 Å². The first kappa shape index (κ1) is 18.5. The predicted octanol–water partition coefficient (Wildman–Crippen LogP) is 3.17. The van der Waals surface area contributed by atoms with E-state index in [-0.39, 0.29) is 22.6 Å². The van der Waals surface area contributed by atoms with Crippen molar-refractivity contribution in [1.82, 2.24) is 20.1 Å². The molecule has 130 valence electrons. The standard InChI is InChI=1S/C18H26N4OS/c1-13(11-18(3,4)15-9-7-6-8-10-15)20-16(23)14(2)24-17-21-19-12-22(17)5/h6-10,12-14H,11H2,1-5H3,(H,20,23). The summed E-state index contributed by atoms with van der Waals surface area (Å²) in [7, 11) is 1.87. The van der Waals surface area contributed by atoms with Crippen LogP contribution in [0.15, 0.2) is 41.8 Å². The van der Waals surface area contributed by atoms with Crippen molar-refractivity contribution in [1.29, 1.82) is 0 Å². The first-order valence-electron chi connectivity index (χ1n) is 8.16. The van der Waals surface area contributed by atoms with Crippen molar-refractivity contribution >= 4 is 17.7 Å². The quantitative estimate of drug-likeness (QED) is 0.782. The lowest BCUT2D eigenvalue weighted by atomic mass is 9.79. The van der Waals surface area contributed by atoms with Crippen molar-refractivity contribution in [2.24, 2.45) is 7.05 Å². The minimum Gasteiger partial charge on any atom is -0.353 e. The Kier molecular flexibility index (Phi) is 6.04. The van der Waals surface area contributed by atoms with E-state index in [1.807, 2.05) is 24.6 Å². The third-order valence-electron chi connectivity index (χ3n) is 4.08. The summed E-state index contributed by atoms with van der Waals surface area (Å²) >= 11 is 1.42. The zero-order valence-corrected chi connectivity index (χ0v) is 15.8. The molecule has 1 N–H and O–H groups in total. The van der Waals surface area contributed by atoms with E-state index >= 15 is 0 Å². The lowest BCUT2D eigenvalue weighted by Gasteiger charge is -2.29. The highest BCUT2D eigenvalue weighted by Gasteiger charge is 2.25. The van der Waals surface area contributed by atoms with E-state index < -0.39 is 0 Å². The van der Waals surface area contributed by atoms with Gasteiger partial charge in [0.1, 0.15) is 6.33 Å². The Morgan fingerprint density at radius 1 is 1.29 bits per heavy atom. The summed E-state index contributed by atoms with van der Waals surface area (Å²) in [5.74, 6) is 0.0272. The number of thioether (sulfide) groups is 1. The monoisotopic (exact) mass is 346 g/mol. The number of carbonyl (C=O) groups excluding carboxylic acids is 1. The van der Waals surface area contributed by atoms with Crippen molar-refractivity contribution in [2.75, 3.05) is 0 Å². The SMILES string of the molecule is CC(CC(C)(C)c1ccccc1)NC(=O)C(C)Sc1nncn1C. The number of benzene rings is 1. The number of hydrogen-bond acceptors (Lipinski definition) is 4. The van der Waals surface area contributed by atoms with Crippen LogP contribution >= 0.6 is 11.8 Å². The van der Waals surface area contributed by atoms with Gasteiger partial charge in [0.15, 0.2) is 5.16 Å². The zero-order chi connectivity index (χ0) is 17.7. The van der Waals surface area contributed by atoms with E-state index in [1.54, 1.807) is 6.33 Å². The summed E-state index contributed by atoms with van der Waals surface area (Å²) in [5, 5.41) is 11.5. The van der Waals surface area contributed by atoms with Crippen LogP contribution in [-0.4, -0.2) is 32.0 Å². The zero-order valence-electron chi connectivity index (χ0n) is 15.0. The number of nitrogens with zero attached hydrogens (tertiary/aromatic N) is 3. The molecule has 2 unspecified atom stereocenters. The maximum atomic E-state index is 12.4. The third-order valence-corrected chi connectivity index (χ3v) is 5.23. The van der Waals surface area contributed by atoms with Crippen LogP contribution in [0, 0.1) is 0 Å². The van der Waals surface area contributed by atoms with E-state index in [4.69, 9.17) is 0 Å². The van der Waals surface area contributed by atoms with Crippen LogP contribution < -0.4 is 5.32 Å². The van der Waals surface area contributed by atoms with Gasteiger partial charge in [0.05, 0.1) is 5.25 Å². The third kappa shape index (κ3) is 4.84. The summed E-state index contributed by atoms with van der Waals surface area (Å²) in [6, 6.07) is 10.5. The fourth-order valence-corrected chi connectivity index (χ4v) is 3.57.